The van der Waals surface area contributed by atoms with Gasteiger partial charge >= 0.3 is 0 Å². The summed E-state index contributed by atoms with van der Waals surface area (Å²) in [5.41, 5.74) is 1.64. The first-order valence-electron chi connectivity index (χ1n) is 6.66. The molecule has 5 nitrogen and oxygen atoms in total. The summed E-state index contributed by atoms with van der Waals surface area (Å²) in [5, 5.41) is 5.52. The highest BCUT2D eigenvalue weighted by molar-refractivity contribution is 5.94. The molecule has 0 saturated heterocycles. The zero-order chi connectivity index (χ0) is 15.0. The second-order valence-electron chi connectivity index (χ2n) is 4.80. The van der Waals surface area contributed by atoms with E-state index in [4.69, 9.17) is 4.74 Å². The summed E-state index contributed by atoms with van der Waals surface area (Å²) in [7, 11) is 1.59. The lowest BCUT2D eigenvalue weighted by Crippen LogP contribution is -2.37. The second-order valence-corrected chi connectivity index (χ2v) is 4.80. The third-order valence-corrected chi connectivity index (χ3v) is 2.74. The smallest absolute Gasteiger partial charge is 0.251 e. The molecule has 0 radical (unpaired) electrons. The molecule has 0 aromatic heterocycles. The number of benzene rings is 1. The Labute approximate surface area is 119 Å². The topological polar surface area (TPSA) is 67.4 Å². The summed E-state index contributed by atoms with van der Waals surface area (Å²) < 4.78 is 4.93. The molecule has 5 heteroatoms. The van der Waals surface area contributed by atoms with Crippen molar-refractivity contribution in [1.29, 1.82) is 0 Å². The molecule has 0 heterocycles. The van der Waals surface area contributed by atoms with Crippen LogP contribution in [-0.2, 0) is 9.53 Å². The van der Waals surface area contributed by atoms with Crippen LogP contribution in [0.25, 0.3) is 0 Å². The van der Waals surface area contributed by atoms with Crippen LogP contribution in [0.15, 0.2) is 24.3 Å². The molecule has 1 aromatic rings. The largest absolute Gasteiger partial charge is 0.383 e. The van der Waals surface area contributed by atoms with Crippen molar-refractivity contribution in [2.45, 2.75) is 26.3 Å². The number of rotatable bonds is 7. The third kappa shape index (κ3) is 5.84. The minimum atomic E-state index is -0.161. The number of nitrogens with one attached hydrogen (secondary N) is 2. The van der Waals surface area contributed by atoms with Gasteiger partial charge in [-0.2, -0.15) is 0 Å². The second kappa shape index (κ2) is 8.32. The van der Waals surface area contributed by atoms with Crippen LogP contribution in [0.4, 0.5) is 0 Å². The molecule has 2 N–H and O–H groups in total. The maximum atomic E-state index is 11.8. The van der Waals surface area contributed by atoms with E-state index in [-0.39, 0.29) is 24.3 Å². The Kier molecular flexibility index (Phi) is 6.73. The summed E-state index contributed by atoms with van der Waals surface area (Å²) in [5.74, 6) is -0.259. The number of amides is 2. The highest BCUT2D eigenvalue weighted by Gasteiger charge is 2.08. The predicted molar refractivity (Wildman–Crippen MR) is 77.6 cm³/mol. The number of carbonyl (C=O) groups excluding carboxylic acids is 2. The van der Waals surface area contributed by atoms with Gasteiger partial charge in [-0.25, -0.2) is 0 Å². The molecule has 0 saturated carbocycles. The van der Waals surface area contributed by atoms with Crippen molar-refractivity contribution in [3.8, 4) is 0 Å². The van der Waals surface area contributed by atoms with Gasteiger partial charge < -0.3 is 15.4 Å². The molecule has 0 spiro atoms. The van der Waals surface area contributed by atoms with Gasteiger partial charge in [-0.15, -0.1) is 0 Å². The Morgan fingerprint density at radius 2 is 2.10 bits per heavy atom. The van der Waals surface area contributed by atoms with Gasteiger partial charge in [0.15, 0.2) is 0 Å². The minimum absolute atomic E-state index is 0.0278. The van der Waals surface area contributed by atoms with Gasteiger partial charge in [0.05, 0.1) is 6.61 Å². The highest BCUT2D eigenvalue weighted by atomic mass is 16.5. The van der Waals surface area contributed by atoms with E-state index in [2.05, 4.69) is 10.6 Å². The van der Waals surface area contributed by atoms with E-state index in [1.165, 1.54) is 0 Å². The maximum Gasteiger partial charge on any atom is 0.251 e. The van der Waals surface area contributed by atoms with E-state index in [1.54, 1.807) is 13.2 Å². The van der Waals surface area contributed by atoms with Crippen molar-refractivity contribution in [3.63, 3.8) is 0 Å². The van der Waals surface area contributed by atoms with Gasteiger partial charge in [-0.3, -0.25) is 9.59 Å². The lowest BCUT2D eigenvalue weighted by molar-refractivity contribution is -0.121. The molecule has 1 rings (SSSR count). The Balaban J connectivity index is 2.30. The first kappa shape index (κ1) is 16.2. The van der Waals surface area contributed by atoms with Crippen LogP contribution in [-0.4, -0.2) is 38.1 Å². The Hall–Kier alpha value is -1.88. The average Bonchev–Trinajstić information content (AvgIpc) is 2.38. The van der Waals surface area contributed by atoms with Crippen LogP contribution in [0.2, 0.25) is 0 Å². The van der Waals surface area contributed by atoms with Crippen LogP contribution in [0, 0.1) is 6.92 Å². The number of hydrogen-bond donors (Lipinski definition) is 2. The van der Waals surface area contributed by atoms with Gasteiger partial charge in [0, 0.05) is 31.7 Å². The first-order chi connectivity index (χ1) is 9.52. The molecular formula is C15H22N2O3. The molecule has 1 atom stereocenters. The van der Waals surface area contributed by atoms with E-state index in [0.29, 0.717) is 18.7 Å². The van der Waals surface area contributed by atoms with Crippen molar-refractivity contribution in [1.82, 2.24) is 10.6 Å². The van der Waals surface area contributed by atoms with Crippen molar-refractivity contribution in [2.75, 3.05) is 20.3 Å². The quantitative estimate of drug-likeness (QED) is 0.789. The third-order valence-electron chi connectivity index (χ3n) is 2.74. The van der Waals surface area contributed by atoms with Crippen LogP contribution < -0.4 is 10.6 Å². The molecule has 110 valence electrons. The number of carbonyl (C=O) groups is 2. The summed E-state index contributed by atoms with van der Waals surface area (Å²) >= 11 is 0. The van der Waals surface area contributed by atoms with Crippen molar-refractivity contribution >= 4 is 11.8 Å². The fourth-order valence-electron chi connectivity index (χ4n) is 1.82. The average molecular weight is 278 g/mol. The monoisotopic (exact) mass is 278 g/mol. The van der Waals surface area contributed by atoms with Crippen LogP contribution in [0.3, 0.4) is 0 Å². The molecule has 0 unspecified atom stereocenters. The van der Waals surface area contributed by atoms with Gasteiger partial charge in [0.1, 0.15) is 0 Å². The fraction of sp³-hybridized carbons (Fsp3) is 0.467. The van der Waals surface area contributed by atoms with Gasteiger partial charge in [0.2, 0.25) is 5.91 Å². The maximum absolute atomic E-state index is 11.8. The van der Waals surface area contributed by atoms with E-state index in [1.807, 2.05) is 32.0 Å². The van der Waals surface area contributed by atoms with Crippen LogP contribution in [0.1, 0.15) is 29.3 Å². The minimum Gasteiger partial charge on any atom is -0.383 e. The van der Waals surface area contributed by atoms with Gasteiger partial charge in [0.25, 0.3) is 5.91 Å². The van der Waals surface area contributed by atoms with Crippen LogP contribution in [0.5, 0.6) is 0 Å². The molecule has 0 aliphatic carbocycles. The van der Waals surface area contributed by atoms with Crippen LogP contribution >= 0.6 is 0 Å². The predicted octanol–water partition coefficient (Wildman–Crippen LogP) is 1.27. The SMILES string of the molecule is COC[C@@H](C)NC(=O)CCNC(=O)c1cccc(C)c1. The van der Waals surface area contributed by atoms with Gasteiger partial charge in [-0.1, -0.05) is 17.7 Å². The number of methoxy groups -OCH3 is 1. The Morgan fingerprint density at radius 1 is 1.35 bits per heavy atom. The normalized spacial score (nSPS) is 11.8. The Morgan fingerprint density at radius 3 is 2.75 bits per heavy atom. The summed E-state index contributed by atoms with van der Waals surface area (Å²) in [6, 6.07) is 7.31. The molecule has 2 amide bonds. The zero-order valence-corrected chi connectivity index (χ0v) is 12.2. The molecule has 0 bridgehead atoms. The molecular weight excluding hydrogens is 256 g/mol. The fourth-order valence-corrected chi connectivity index (χ4v) is 1.82. The van der Waals surface area contributed by atoms with Crippen molar-refractivity contribution in [3.05, 3.63) is 35.4 Å². The summed E-state index contributed by atoms with van der Waals surface area (Å²) in [6.07, 6.45) is 0.256. The van der Waals surface area contributed by atoms with Crippen molar-refractivity contribution in [2.24, 2.45) is 0 Å². The summed E-state index contributed by atoms with van der Waals surface area (Å²) in [4.78, 5) is 23.4. The molecule has 1 aromatic carbocycles. The molecule has 0 aliphatic heterocycles. The van der Waals surface area contributed by atoms with E-state index in [0.717, 1.165) is 5.56 Å². The van der Waals surface area contributed by atoms with E-state index < -0.39 is 0 Å². The standard InChI is InChI=1S/C15H22N2O3/c1-11-5-4-6-13(9-11)15(19)16-8-7-14(18)17-12(2)10-20-3/h4-6,9,12H,7-8,10H2,1-3H3,(H,16,19)(H,17,18)/t12-/m1/s1. The van der Waals surface area contributed by atoms with E-state index >= 15 is 0 Å². The van der Waals surface area contributed by atoms with Gasteiger partial charge in [-0.05, 0) is 26.0 Å². The number of ether oxygens (including phenoxy) is 1. The zero-order valence-electron chi connectivity index (χ0n) is 12.2. The summed E-state index contributed by atoms with van der Waals surface area (Å²) in [6.45, 7) is 4.59. The Bertz CT molecular complexity index is 460. The highest BCUT2D eigenvalue weighted by Crippen LogP contribution is 2.03. The lowest BCUT2D eigenvalue weighted by Gasteiger charge is -2.12. The number of aryl methyl sites for hydroxylation is 1. The lowest BCUT2D eigenvalue weighted by atomic mass is 10.1. The van der Waals surface area contributed by atoms with E-state index in [9.17, 15) is 9.59 Å². The first-order valence-corrected chi connectivity index (χ1v) is 6.66. The molecule has 0 fully saturated rings. The van der Waals surface area contributed by atoms with Crippen molar-refractivity contribution < 1.29 is 14.3 Å². The molecule has 0 aliphatic rings. The molecule has 20 heavy (non-hydrogen) atoms. The number of hydrogen-bond acceptors (Lipinski definition) is 3.